The van der Waals surface area contributed by atoms with E-state index < -0.39 is 0 Å². The molecule has 0 aromatic heterocycles. The first-order valence-electron chi connectivity index (χ1n) is 18.1. The van der Waals surface area contributed by atoms with Crippen molar-refractivity contribution in [3.63, 3.8) is 0 Å². The van der Waals surface area contributed by atoms with Gasteiger partial charge < -0.3 is 11.5 Å². The van der Waals surface area contributed by atoms with Gasteiger partial charge in [0.2, 0.25) is 11.8 Å². The van der Waals surface area contributed by atoms with Crippen molar-refractivity contribution in [2.24, 2.45) is 17.4 Å². The minimum absolute atomic E-state index is 0.154. The van der Waals surface area contributed by atoms with Crippen LogP contribution in [0.25, 0.3) is 0 Å². The van der Waals surface area contributed by atoms with E-state index in [0.717, 1.165) is 31.6 Å². The van der Waals surface area contributed by atoms with E-state index in [0.29, 0.717) is 12.8 Å². The van der Waals surface area contributed by atoms with Crippen LogP contribution in [-0.4, -0.2) is 11.8 Å². The van der Waals surface area contributed by atoms with Crippen LogP contribution in [0.1, 0.15) is 212 Å². The van der Waals surface area contributed by atoms with Gasteiger partial charge in [0.25, 0.3) is 0 Å². The smallest absolute Gasteiger partial charge is 0.217 e. The molecule has 0 rings (SSSR count). The Balaban J connectivity index is 3.16. The molecular weight excluding hydrogens is 492 g/mol. The van der Waals surface area contributed by atoms with Crippen LogP contribution in [0.15, 0.2) is 0 Å². The normalized spacial score (nSPS) is 11.4. The number of nitrogens with two attached hydrogens (primary N) is 2. The summed E-state index contributed by atoms with van der Waals surface area (Å²) in [7, 11) is 0. The average molecular weight is 565 g/mol. The van der Waals surface area contributed by atoms with Crippen molar-refractivity contribution in [2.75, 3.05) is 0 Å². The van der Waals surface area contributed by atoms with Crippen LogP contribution in [-0.2, 0) is 9.59 Å². The van der Waals surface area contributed by atoms with Crippen LogP contribution in [0.3, 0.4) is 0 Å². The Kier molecular flexibility index (Phi) is 31.6. The van der Waals surface area contributed by atoms with Gasteiger partial charge in [-0.25, -0.2) is 0 Å². The zero-order valence-electron chi connectivity index (χ0n) is 27.2. The number of rotatable bonds is 34. The molecule has 2 amide bonds. The van der Waals surface area contributed by atoms with Crippen molar-refractivity contribution in [3.8, 4) is 0 Å². The highest BCUT2D eigenvalue weighted by Gasteiger charge is 2.03. The molecule has 0 aromatic rings. The molecule has 0 radical (unpaired) electrons. The summed E-state index contributed by atoms with van der Waals surface area (Å²) in [5.74, 6) is 0.615. The molecule has 0 aliphatic rings. The largest absolute Gasteiger partial charge is 0.370 e. The van der Waals surface area contributed by atoms with Crippen molar-refractivity contribution in [1.82, 2.24) is 0 Å². The van der Waals surface area contributed by atoms with Crippen molar-refractivity contribution in [3.05, 3.63) is 0 Å². The Bertz CT molecular complexity index is 491. The van der Waals surface area contributed by atoms with Crippen molar-refractivity contribution in [1.29, 1.82) is 0 Å². The maximum atomic E-state index is 10.7. The van der Waals surface area contributed by atoms with Crippen LogP contribution in [0.4, 0.5) is 0 Å². The number of carbonyl (C=O) groups excluding carboxylic acids is 2. The Labute approximate surface area is 251 Å². The molecule has 4 heteroatoms. The number of carbonyl (C=O) groups is 2. The minimum Gasteiger partial charge on any atom is -0.370 e. The molecule has 4 nitrogen and oxygen atoms in total. The summed E-state index contributed by atoms with van der Waals surface area (Å²) < 4.78 is 0. The molecule has 4 N–H and O–H groups in total. The van der Waals surface area contributed by atoms with Gasteiger partial charge in [-0.15, -0.1) is 0 Å². The second kappa shape index (κ2) is 32.5. The van der Waals surface area contributed by atoms with Gasteiger partial charge in [-0.3, -0.25) is 9.59 Å². The van der Waals surface area contributed by atoms with E-state index in [-0.39, 0.29) is 11.8 Å². The maximum absolute atomic E-state index is 10.7. The molecule has 0 spiro atoms. The first-order valence-corrected chi connectivity index (χ1v) is 18.1. The third-order valence-electron chi connectivity index (χ3n) is 8.74. The summed E-state index contributed by atoms with van der Waals surface area (Å²) in [4.78, 5) is 21.4. The third kappa shape index (κ3) is 35.0. The quantitative estimate of drug-likeness (QED) is 0.0761. The van der Waals surface area contributed by atoms with Gasteiger partial charge in [-0.2, -0.15) is 0 Å². The first-order chi connectivity index (χ1) is 19.5. The molecule has 0 saturated carbocycles. The Hall–Kier alpha value is -1.06. The molecule has 0 bridgehead atoms. The standard InChI is InChI=1S/C36H72N2O2/c1-34(30-26-22-18-14-10-6-2-4-8-12-16-20-24-28-32-35(37)39)31-27-23-19-15-11-7-3-5-9-13-17-21-25-29-33-36(38)40/h34H,2-33H2,1H3,(H2,37,39)(H2,38,40). The fourth-order valence-electron chi connectivity index (χ4n) is 5.97. The van der Waals surface area contributed by atoms with Crippen LogP contribution in [0, 0.1) is 5.92 Å². The predicted molar refractivity (Wildman–Crippen MR) is 175 cm³/mol. The Morgan fingerprint density at radius 3 is 0.725 bits per heavy atom. The van der Waals surface area contributed by atoms with Gasteiger partial charge in [0.15, 0.2) is 0 Å². The summed E-state index contributed by atoms with van der Waals surface area (Å²) >= 11 is 0. The van der Waals surface area contributed by atoms with Crippen molar-refractivity contribution < 1.29 is 9.59 Å². The average Bonchev–Trinajstić information content (AvgIpc) is 2.92. The molecule has 0 fully saturated rings. The van der Waals surface area contributed by atoms with Crippen LogP contribution in [0.5, 0.6) is 0 Å². The third-order valence-corrected chi connectivity index (χ3v) is 8.74. The Morgan fingerprint density at radius 2 is 0.525 bits per heavy atom. The van der Waals surface area contributed by atoms with E-state index in [2.05, 4.69) is 6.92 Å². The summed E-state index contributed by atoms with van der Waals surface area (Å²) in [6.45, 7) is 2.47. The van der Waals surface area contributed by atoms with Crippen molar-refractivity contribution in [2.45, 2.75) is 212 Å². The van der Waals surface area contributed by atoms with Gasteiger partial charge in [0.05, 0.1) is 0 Å². The van der Waals surface area contributed by atoms with E-state index in [4.69, 9.17) is 11.5 Å². The number of unbranched alkanes of at least 4 members (excludes halogenated alkanes) is 26. The van der Waals surface area contributed by atoms with E-state index in [1.165, 1.54) is 167 Å². The predicted octanol–water partition coefficient (Wildman–Crippen LogP) is 11.1. The summed E-state index contributed by atoms with van der Waals surface area (Å²) in [6.07, 6.45) is 41.8. The monoisotopic (exact) mass is 565 g/mol. The highest BCUT2D eigenvalue weighted by atomic mass is 16.1. The fourth-order valence-corrected chi connectivity index (χ4v) is 5.97. The zero-order chi connectivity index (χ0) is 29.4. The number of amides is 2. The summed E-state index contributed by atoms with van der Waals surface area (Å²) in [6, 6.07) is 0. The second-order valence-electron chi connectivity index (χ2n) is 13.0. The van der Waals surface area contributed by atoms with Gasteiger partial charge >= 0.3 is 0 Å². The lowest BCUT2D eigenvalue weighted by Crippen LogP contribution is -2.09. The zero-order valence-corrected chi connectivity index (χ0v) is 27.2. The lowest BCUT2D eigenvalue weighted by molar-refractivity contribution is -0.119. The number of hydrogen-bond donors (Lipinski definition) is 2. The number of primary amides is 2. The van der Waals surface area contributed by atoms with Gasteiger partial charge in [0, 0.05) is 12.8 Å². The Morgan fingerprint density at radius 1 is 0.350 bits per heavy atom. The maximum Gasteiger partial charge on any atom is 0.217 e. The molecule has 0 heterocycles. The van der Waals surface area contributed by atoms with E-state index >= 15 is 0 Å². The molecule has 40 heavy (non-hydrogen) atoms. The van der Waals surface area contributed by atoms with E-state index in [1.54, 1.807) is 0 Å². The topological polar surface area (TPSA) is 86.2 Å². The van der Waals surface area contributed by atoms with Gasteiger partial charge in [-0.05, 0) is 18.8 Å². The minimum atomic E-state index is -0.154. The lowest BCUT2D eigenvalue weighted by atomic mass is 9.95. The molecule has 0 aliphatic carbocycles. The van der Waals surface area contributed by atoms with Crippen molar-refractivity contribution >= 4 is 11.8 Å². The van der Waals surface area contributed by atoms with Gasteiger partial charge in [-0.1, -0.05) is 187 Å². The van der Waals surface area contributed by atoms with Crippen LogP contribution in [0.2, 0.25) is 0 Å². The highest BCUT2D eigenvalue weighted by molar-refractivity contribution is 5.73. The molecule has 238 valence electrons. The molecular formula is C36H72N2O2. The SMILES string of the molecule is CC(CCCCCCCCCCCCCCCCC(N)=O)CCCCCCCCCCCCCCCCC(N)=O. The van der Waals surface area contributed by atoms with Crippen LogP contribution >= 0.6 is 0 Å². The molecule has 0 saturated heterocycles. The molecule has 0 aromatic carbocycles. The lowest BCUT2D eigenvalue weighted by Gasteiger charge is -2.11. The summed E-state index contributed by atoms with van der Waals surface area (Å²) in [5, 5.41) is 0. The first kappa shape index (κ1) is 38.9. The second-order valence-corrected chi connectivity index (χ2v) is 13.0. The summed E-state index contributed by atoms with van der Waals surface area (Å²) in [5.41, 5.74) is 10.3. The molecule has 0 aliphatic heterocycles. The molecule has 0 unspecified atom stereocenters. The van der Waals surface area contributed by atoms with Crippen LogP contribution < -0.4 is 11.5 Å². The number of hydrogen-bond acceptors (Lipinski definition) is 2. The highest BCUT2D eigenvalue weighted by Crippen LogP contribution is 2.20. The molecule has 0 atom stereocenters. The fraction of sp³-hybridized carbons (Fsp3) is 0.944. The van der Waals surface area contributed by atoms with Gasteiger partial charge in [0.1, 0.15) is 0 Å². The van der Waals surface area contributed by atoms with E-state index in [9.17, 15) is 9.59 Å². The van der Waals surface area contributed by atoms with E-state index in [1.807, 2.05) is 0 Å².